The summed E-state index contributed by atoms with van der Waals surface area (Å²) in [5.74, 6) is 2.30. The van der Waals surface area contributed by atoms with Crippen molar-refractivity contribution in [3.8, 4) is 17.2 Å². The van der Waals surface area contributed by atoms with Crippen molar-refractivity contribution in [2.75, 3.05) is 14.2 Å². The van der Waals surface area contributed by atoms with Crippen LogP contribution in [0.2, 0.25) is 10.0 Å². The van der Waals surface area contributed by atoms with Crippen molar-refractivity contribution in [3.63, 3.8) is 0 Å². The number of nitrogens with zero attached hydrogens (tertiary/aromatic N) is 2. The van der Waals surface area contributed by atoms with Gasteiger partial charge in [-0.1, -0.05) is 37.0 Å². The molecule has 0 aliphatic carbocycles. The van der Waals surface area contributed by atoms with Gasteiger partial charge in [0, 0.05) is 28.5 Å². The van der Waals surface area contributed by atoms with Crippen LogP contribution in [0.3, 0.4) is 0 Å². The van der Waals surface area contributed by atoms with Crippen molar-refractivity contribution in [3.05, 3.63) is 51.5 Å². The summed E-state index contributed by atoms with van der Waals surface area (Å²) in [6.45, 7) is 4.22. The molecule has 0 saturated heterocycles. The largest absolute Gasteiger partial charge is 0.493 e. The quantitative estimate of drug-likeness (QED) is 0.651. The highest BCUT2D eigenvalue weighted by Crippen LogP contribution is 2.48. The first kappa shape index (κ1) is 19.2. The van der Waals surface area contributed by atoms with E-state index in [2.05, 4.69) is 13.8 Å². The van der Waals surface area contributed by atoms with Gasteiger partial charge in [0.25, 0.3) is 0 Å². The third-order valence-electron chi connectivity index (χ3n) is 5.12. The van der Waals surface area contributed by atoms with E-state index in [1.807, 2.05) is 29.3 Å². The minimum Gasteiger partial charge on any atom is -0.493 e. The Morgan fingerprint density at radius 2 is 1.86 bits per heavy atom. The molecular weight excluding hydrogens is 399 g/mol. The molecule has 2 aromatic rings. The molecule has 0 unspecified atom stereocenters. The van der Waals surface area contributed by atoms with Crippen molar-refractivity contribution in [2.24, 2.45) is 11.0 Å². The zero-order valence-corrected chi connectivity index (χ0v) is 17.7. The molecule has 4 rings (SSSR count). The molecule has 5 nitrogen and oxygen atoms in total. The Labute approximate surface area is 174 Å². The van der Waals surface area contributed by atoms with Crippen LogP contribution in [0.4, 0.5) is 0 Å². The predicted octanol–water partition coefficient (Wildman–Crippen LogP) is 5.54. The molecule has 148 valence electrons. The zero-order valence-electron chi connectivity index (χ0n) is 16.2. The maximum atomic E-state index is 6.44. The first-order chi connectivity index (χ1) is 13.4. The van der Waals surface area contributed by atoms with E-state index in [9.17, 15) is 0 Å². The molecule has 2 atom stereocenters. The number of hydrazone groups is 1. The second-order valence-electron chi connectivity index (χ2n) is 7.27. The van der Waals surface area contributed by atoms with Crippen LogP contribution in [0.15, 0.2) is 35.4 Å². The van der Waals surface area contributed by atoms with Gasteiger partial charge in [-0.15, -0.1) is 0 Å². The summed E-state index contributed by atoms with van der Waals surface area (Å²) in [5.41, 5.74) is 2.92. The van der Waals surface area contributed by atoms with Crippen LogP contribution in [0.25, 0.3) is 0 Å². The van der Waals surface area contributed by atoms with Crippen molar-refractivity contribution in [2.45, 2.75) is 32.5 Å². The van der Waals surface area contributed by atoms with Crippen LogP contribution in [-0.2, 0) is 0 Å². The first-order valence-electron chi connectivity index (χ1n) is 9.16. The van der Waals surface area contributed by atoms with Crippen LogP contribution in [0, 0.1) is 5.92 Å². The zero-order chi connectivity index (χ0) is 20.0. The van der Waals surface area contributed by atoms with Crippen molar-refractivity contribution >= 4 is 28.9 Å². The Kier molecular flexibility index (Phi) is 5.06. The number of hydrogen-bond acceptors (Lipinski definition) is 5. The van der Waals surface area contributed by atoms with Crippen molar-refractivity contribution in [1.29, 1.82) is 0 Å². The number of fused-ring (bicyclic) bond motifs is 3. The van der Waals surface area contributed by atoms with Gasteiger partial charge < -0.3 is 14.2 Å². The normalized spacial score (nSPS) is 20.4. The highest BCUT2D eigenvalue weighted by Gasteiger charge is 2.42. The highest BCUT2D eigenvalue weighted by molar-refractivity contribution is 6.35. The third-order valence-corrected chi connectivity index (χ3v) is 5.62. The Morgan fingerprint density at radius 1 is 1.11 bits per heavy atom. The molecule has 0 spiro atoms. The van der Waals surface area contributed by atoms with Gasteiger partial charge in [0.15, 0.2) is 17.7 Å². The van der Waals surface area contributed by atoms with Crippen LogP contribution in [-0.4, -0.2) is 31.2 Å². The minimum atomic E-state index is -0.200. The average molecular weight is 421 g/mol. The fraction of sp³-hybridized carbons (Fsp3) is 0.381. The summed E-state index contributed by atoms with van der Waals surface area (Å²) < 4.78 is 17.0. The van der Waals surface area contributed by atoms with Gasteiger partial charge in [0.1, 0.15) is 5.75 Å². The SMILES string of the molecule is COc1ccc(C2=NN3[C@H](C2)c2cc(Cl)cc(Cl)c2O[C@H]3C(C)C)cc1OC. The first-order valence-corrected chi connectivity index (χ1v) is 9.92. The number of benzene rings is 2. The van der Waals surface area contributed by atoms with E-state index in [0.717, 1.165) is 23.3 Å². The standard InChI is InChI=1S/C21H22Cl2N2O3/c1-11(2)21-25-17(14-8-13(22)9-15(23)20(14)28-21)10-16(24-25)12-5-6-18(26-3)19(7-12)27-4/h5-9,11,17,21H,10H2,1-4H3/t17-,21+/m1/s1. The Bertz CT molecular complexity index is 945. The molecule has 0 amide bonds. The number of ether oxygens (including phenoxy) is 3. The molecule has 7 heteroatoms. The van der Waals surface area contributed by atoms with E-state index >= 15 is 0 Å². The lowest BCUT2D eigenvalue weighted by molar-refractivity contribution is -0.0460. The molecule has 0 bridgehead atoms. The molecule has 2 aliphatic heterocycles. The number of halogens is 2. The van der Waals surface area contributed by atoms with E-state index in [-0.39, 0.29) is 18.2 Å². The smallest absolute Gasteiger partial charge is 0.190 e. The van der Waals surface area contributed by atoms with E-state index in [1.54, 1.807) is 20.3 Å². The maximum Gasteiger partial charge on any atom is 0.190 e. The van der Waals surface area contributed by atoms with Crippen LogP contribution >= 0.6 is 23.2 Å². The van der Waals surface area contributed by atoms with Gasteiger partial charge in [-0.2, -0.15) is 5.10 Å². The summed E-state index contributed by atoms with van der Waals surface area (Å²) in [6.07, 6.45) is 0.528. The monoisotopic (exact) mass is 420 g/mol. The molecule has 2 heterocycles. The third kappa shape index (κ3) is 3.16. The van der Waals surface area contributed by atoms with Gasteiger partial charge in [0.2, 0.25) is 0 Å². The Hall–Kier alpha value is -2.11. The van der Waals surface area contributed by atoms with Gasteiger partial charge in [-0.25, -0.2) is 5.01 Å². The molecule has 0 N–H and O–H groups in total. The minimum absolute atomic E-state index is 0.0236. The fourth-order valence-corrected chi connectivity index (χ4v) is 4.33. The van der Waals surface area contributed by atoms with Crippen molar-refractivity contribution < 1.29 is 14.2 Å². The molecule has 0 saturated carbocycles. The molecule has 28 heavy (non-hydrogen) atoms. The Balaban J connectivity index is 1.76. The molecule has 2 aliphatic rings. The molecular formula is C21H22Cl2N2O3. The summed E-state index contributed by atoms with van der Waals surface area (Å²) >= 11 is 12.7. The highest BCUT2D eigenvalue weighted by atomic mass is 35.5. The van der Waals surface area contributed by atoms with E-state index < -0.39 is 0 Å². The van der Waals surface area contributed by atoms with Gasteiger partial charge in [-0.05, 0) is 30.3 Å². The van der Waals surface area contributed by atoms with Gasteiger partial charge in [-0.3, -0.25) is 0 Å². The second kappa shape index (κ2) is 7.37. The summed E-state index contributed by atoms with van der Waals surface area (Å²) in [5, 5.41) is 8.08. The van der Waals surface area contributed by atoms with Crippen molar-refractivity contribution in [1.82, 2.24) is 5.01 Å². The Morgan fingerprint density at radius 3 is 2.54 bits per heavy atom. The molecule has 0 aromatic heterocycles. The van der Waals surface area contributed by atoms with Crippen LogP contribution < -0.4 is 14.2 Å². The maximum absolute atomic E-state index is 6.44. The topological polar surface area (TPSA) is 43.3 Å². The lowest BCUT2D eigenvalue weighted by Gasteiger charge is -2.40. The summed E-state index contributed by atoms with van der Waals surface area (Å²) in [7, 11) is 3.25. The number of hydrogen-bond donors (Lipinski definition) is 0. The van der Waals surface area contributed by atoms with E-state index in [1.165, 1.54) is 0 Å². The second-order valence-corrected chi connectivity index (χ2v) is 8.12. The number of rotatable bonds is 4. The fourth-order valence-electron chi connectivity index (χ4n) is 3.77. The average Bonchev–Trinajstić information content (AvgIpc) is 3.12. The molecule has 2 aromatic carbocycles. The van der Waals surface area contributed by atoms with Crippen LogP contribution in [0.5, 0.6) is 17.2 Å². The van der Waals surface area contributed by atoms with E-state index in [4.69, 9.17) is 42.5 Å². The van der Waals surface area contributed by atoms with Crippen LogP contribution in [0.1, 0.15) is 37.4 Å². The van der Waals surface area contributed by atoms with E-state index in [0.29, 0.717) is 27.3 Å². The lowest BCUT2D eigenvalue weighted by atomic mass is 9.95. The molecule has 0 radical (unpaired) electrons. The summed E-state index contributed by atoms with van der Waals surface area (Å²) in [6, 6.07) is 9.51. The van der Waals surface area contributed by atoms with Gasteiger partial charge >= 0.3 is 0 Å². The predicted molar refractivity (Wildman–Crippen MR) is 111 cm³/mol. The lowest BCUT2D eigenvalue weighted by Crippen LogP contribution is -2.43. The van der Waals surface area contributed by atoms with Gasteiger partial charge in [0.05, 0.1) is 31.0 Å². The summed E-state index contributed by atoms with van der Waals surface area (Å²) in [4.78, 5) is 0. The number of methoxy groups -OCH3 is 2. The molecule has 0 fully saturated rings.